The summed E-state index contributed by atoms with van der Waals surface area (Å²) in [6.45, 7) is 2.40. The second kappa shape index (κ2) is 6.75. The highest BCUT2D eigenvalue weighted by Gasteiger charge is 2.45. The molecule has 0 saturated carbocycles. The Morgan fingerprint density at radius 3 is 2.39 bits per heavy atom. The van der Waals surface area contributed by atoms with E-state index in [1.807, 2.05) is 0 Å². The van der Waals surface area contributed by atoms with Gasteiger partial charge in [0.05, 0.1) is 24.9 Å². The predicted octanol–water partition coefficient (Wildman–Crippen LogP) is 1.78. The maximum absolute atomic E-state index is 2.40. The van der Waals surface area contributed by atoms with Crippen molar-refractivity contribution in [3.05, 3.63) is 72.3 Å². The summed E-state index contributed by atoms with van der Waals surface area (Å²) in [5, 5.41) is 6.19. The lowest BCUT2D eigenvalue weighted by molar-refractivity contribution is -0.00000431. The highest BCUT2D eigenvalue weighted by Crippen LogP contribution is 2.60. The fourth-order valence-electron chi connectivity index (χ4n) is 4.13. The number of hydrogen-bond acceptors (Lipinski definition) is 0. The van der Waals surface area contributed by atoms with Crippen LogP contribution in [0.1, 0.15) is 18.9 Å². The fourth-order valence-corrected chi connectivity index (χ4v) is 8.71. The quantitative estimate of drug-likeness (QED) is 0.590. The van der Waals surface area contributed by atoms with Gasteiger partial charge in [0.25, 0.3) is 0 Å². The van der Waals surface area contributed by atoms with Gasteiger partial charge < -0.3 is 17.0 Å². The summed E-state index contributed by atoms with van der Waals surface area (Å²) >= 11 is 0. The molecule has 0 N–H and O–H groups in total. The summed E-state index contributed by atoms with van der Waals surface area (Å²) in [7, 11) is -1.26. The predicted molar refractivity (Wildman–Crippen MR) is 100 cm³/mol. The summed E-state index contributed by atoms with van der Waals surface area (Å²) in [4.78, 5) is 0. The van der Waals surface area contributed by atoms with E-state index in [0.29, 0.717) is 0 Å². The molecular formula is C21H22BrP. The molecule has 23 heavy (non-hydrogen) atoms. The van der Waals surface area contributed by atoms with E-state index >= 15 is 0 Å². The van der Waals surface area contributed by atoms with E-state index in [-0.39, 0.29) is 17.0 Å². The Kier molecular flexibility index (Phi) is 4.90. The molecule has 118 valence electrons. The lowest BCUT2D eigenvalue weighted by Crippen LogP contribution is -3.00. The van der Waals surface area contributed by atoms with Crippen LogP contribution in [0.5, 0.6) is 0 Å². The normalized spacial score (nSPS) is 19.9. The van der Waals surface area contributed by atoms with Crippen LogP contribution in [0.15, 0.2) is 66.7 Å². The Morgan fingerprint density at radius 1 is 0.870 bits per heavy atom. The molecule has 0 fully saturated rings. The van der Waals surface area contributed by atoms with Gasteiger partial charge in [-0.25, -0.2) is 0 Å². The Balaban J connectivity index is 0.00000156. The molecule has 3 aromatic carbocycles. The smallest absolute Gasteiger partial charge is 0.110 e. The van der Waals surface area contributed by atoms with Crippen molar-refractivity contribution in [1.29, 1.82) is 0 Å². The third-order valence-corrected chi connectivity index (χ3v) is 10.0. The van der Waals surface area contributed by atoms with Crippen LogP contribution in [0.4, 0.5) is 0 Å². The average molecular weight is 385 g/mol. The van der Waals surface area contributed by atoms with Crippen molar-refractivity contribution in [3.63, 3.8) is 0 Å². The Bertz CT molecular complexity index is 812. The van der Waals surface area contributed by atoms with E-state index in [4.69, 9.17) is 0 Å². The minimum Gasteiger partial charge on any atom is -1.00 e. The Morgan fingerprint density at radius 2 is 1.61 bits per heavy atom. The van der Waals surface area contributed by atoms with Gasteiger partial charge in [0.15, 0.2) is 0 Å². The molecule has 1 aliphatic rings. The standard InChI is InChI=1S/C21H22P.BrH/c1-2-22(19-11-4-3-5-12-19)16-8-10-18-15-14-17-9-6-7-13-20(17)21(18)22;/h3-7,9,11-15H,2,8,10,16H2,1H3;1H/q+1;/p-1. The first-order valence-corrected chi connectivity index (χ1v) is 10.4. The van der Waals surface area contributed by atoms with Crippen molar-refractivity contribution in [2.45, 2.75) is 19.8 Å². The summed E-state index contributed by atoms with van der Waals surface area (Å²) in [5.41, 5.74) is 1.60. The summed E-state index contributed by atoms with van der Waals surface area (Å²) in [5.74, 6) is 0. The van der Waals surface area contributed by atoms with Gasteiger partial charge in [0, 0.05) is 5.39 Å². The second-order valence-electron chi connectivity index (χ2n) is 6.24. The molecule has 0 aliphatic carbocycles. The van der Waals surface area contributed by atoms with E-state index in [0.717, 1.165) is 0 Å². The van der Waals surface area contributed by atoms with Crippen LogP contribution < -0.4 is 27.6 Å². The van der Waals surface area contributed by atoms with Crippen molar-refractivity contribution in [2.24, 2.45) is 0 Å². The maximum atomic E-state index is 2.40. The number of benzene rings is 3. The molecule has 1 heterocycles. The molecule has 0 aromatic heterocycles. The van der Waals surface area contributed by atoms with Gasteiger partial charge in [-0.3, -0.25) is 0 Å². The molecule has 0 nitrogen and oxygen atoms in total. The molecule has 1 aliphatic heterocycles. The van der Waals surface area contributed by atoms with Gasteiger partial charge in [-0.15, -0.1) is 0 Å². The molecule has 1 unspecified atom stereocenters. The zero-order chi connectivity index (χ0) is 15.0. The zero-order valence-electron chi connectivity index (χ0n) is 13.5. The fraction of sp³-hybridized carbons (Fsp3) is 0.238. The van der Waals surface area contributed by atoms with Crippen LogP contribution >= 0.6 is 7.26 Å². The summed E-state index contributed by atoms with van der Waals surface area (Å²) in [6.07, 6.45) is 5.23. The number of rotatable bonds is 2. The van der Waals surface area contributed by atoms with Gasteiger partial charge in [-0.1, -0.05) is 54.6 Å². The van der Waals surface area contributed by atoms with Crippen LogP contribution in [-0.4, -0.2) is 12.3 Å². The Hall–Kier alpha value is -1.17. The number of aryl methyl sites for hydroxylation is 1. The minimum atomic E-state index is -1.26. The molecule has 2 heteroatoms. The number of hydrogen-bond donors (Lipinski definition) is 0. The first-order chi connectivity index (χ1) is 10.8. The second-order valence-corrected chi connectivity index (χ2v) is 10.2. The zero-order valence-corrected chi connectivity index (χ0v) is 16.0. The maximum Gasteiger partial charge on any atom is 0.110 e. The van der Waals surface area contributed by atoms with E-state index in [2.05, 4.69) is 73.7 Å². The van der Waals surface area contributed by atoms with E-state index < -0.39 is 7.26 Å². The average Bonchev–Trinajstić information content (AvgIpc) is 2.61. The van der Waals surface area contributed by atoms with E-state index in [9.17, 15) is 0 Å². The van der Waals surface area contributed by atoms with Gasteiger partial charge in [-0.2, -0.15) is 0 Å². The monoisotopic (exact) mass is 384 g/mol. The van der Waals surface area contributed by atoms with E-state index in [1.165, 1.54) is 35.9 Å². The summed E-state index contributed by atoms with van der Waals surface area (Å²) in [6, 6.07) is 25.0. The van der Waals surface area contributed by atoms with Crippen molar-refractivity contribution >= 4 is 28.6 Å². The molecule has 0 spiro atoms. The lowest BCUT2D eigenvalue weighted by atomic mass is 10.0. The van der Waals surface area contributed by atoms with Gasteiger partial charge in [0.1, 0.15) is 5.30 Å². The topological polar surface area (TPSA) is 0 Å². The van der Waals surface area contributed by atoms with E-state index in [1.54, 1.807) is 16.2 Å². The number of halogens is 1. The van der Waals surface area contributed by atoms with Gasteiger partial charge in [-0.05, 0) is 42.8 Å². The molecule has 1 atom stereocenters. The third-order valence-electron chi connectivity index (χ3n) is 5.19. The highest BCUT2D eigenvalue weighted by molar-refractivity contribution is 7.90. The SMILES string of the molecule is CC[P+]1(c2ccccc2)CCCc2ccc3ccccc3c21.[Br-]. The van der Waals surface area contributed by atoms with Crippen molar-refractivity contribution < 1.29 is 17.0 Å². The first kappa shape index (κ1) is 16.7. The van der Waals surface area contributed by atoms with Crippen LogP contribution in [0.2, 0.25) is 0 Å². The molecule has 0 saturated heterocycles. The largest absolute Gasteiger partial charge is 1.00 e. The summed E-state index contributed by atoms with van der Waals surface area (Å²) < 4.78 is 0. The van der Waals surface area contributed by atoms with Crippen LogP contribution in [-0.2, 0) is 6.42 Å². The van der Waals surface area contributed by atoms with Crippen molar-refractivity contribution in [2.75, 3.05) is 12.3 Å². The molecular weight excluding hydrogens is 363 g/mol. The molecule has 0 amide bonds. The van der Waals surface area contributed by atoms with Crippen LogP contribution in [0.3, 0.4) is 0 Å². The minimum absolute atomic E-state index is 0. The molecule has 4 rings (SSSR count). The molecule has 0 radical (unpaired) electrons. The van der Waals surface area contributed by atoms with Crippen LogP contribution in [0.25, 0.3) is 10.8 Å². The first-order valence-electron chi connectivity index (χ1n) is 8.29. The van der Waals surface area contributed by atoms with Gasteiger partial charge in [0.2, 0.25) is 0 Å². The van der Waals surface area contributed by atoms with Crippen LogP contribution in [0, 0.1) is 0 Å². The molecule has 0 bridgehead atoms. The lowest BCUT2D eigenvalue weighted by Gasteiger charge is -2.32. The van der Waals surface area contributed by atoms with Gasteiger partial charge >= 0.3 is 0 Å². The Labute approximate surface area is 150 Å². The van der Waals surface area contributed by atoms with Crippen molar-refractivity contribution in [1.82, 2.24) is 0 Å². The highest BCUT2D eigenvalue weighted by atomic mass is 79.9. The third kappa shape index (κ3) is 2.65. The number of fused-ring (bicyclic) bond motifs is 3. The van der Waals surface area contributed by atoms with Crippen molar-refractivity contribution in [3.8, 4) is 0 Å². The molecule has 3 aromatic rings.